The third kappa shape index (κ3) is 5.62. The van der Waals surface area contributed by atoms with Gasteiger partial charge in [0.2, 0.25) is 0 Å². The molecule has 0 radical (unpaired) electrons. The van der Waals surface area contributed by atoms with Crippen molar-refractivity contribution in [2.45, 2.75) is 25.5 Å². The second-order valence-corrected chi connectivity index (χ2v) is 8.08. The van der Waals surface area contributed by atoms with Crippen LogP contribution in [-0.2, 0) is 16.1 Å². The summed E-state index contributed by atoms with van der Waals surface area (Å²) in [5.41, 5.74) is 5.49. The van der Waals surface area contributed by atoms with Crippen LogP contribution in [0.4, 0.5) is 0 Å². The van der Waals surface area contributed by atoms with Gasteiger partial charge in [0.1, 0.15) is 0 Å². The molecule has 1 aromatic heterocycles. The fourth-order valence-corrected chi connectivity index (χ4v) is 4.14. The van der Waals surface area contributed by atoms with E-state index >= 15 is 0 Å². The molecule has 9 heteroatoms. The molecular weight excluding hydrogens is 416 g/mol. The van der Waals surface area contributed by atoms with Crippen molar-refractivity contribution in [2.75, 3.05) is 26.9 Å². The molecule has 0 spiro atoms. The van der Waals surface area contributed by atoms with Crippen LogP contribution in [0.2, 0.25) is 5.02 Å². The SMILES string of the molecule is COc1cc(C(=O)N(Cc2cccs2)CC2CCCO2)cc(Cl)c1OCC(N)=O. The van der Waals surface area contributed by atoms with Crippen LogP contribution < -0.4 is 15.2 Å². The second-order valence-electron chi connectivity index (χ2n) is 6.64. The zero-order valence-electron chi connectivity index (χ0n) is 16.1. The Morgan fingerprint density at radius 1 is 1.41 bits per heavy atom. The lowest BCUT2D eigenvalue weighted by atomic mass is 10.1. The molecular formula is C20H23ClN2O5S. The van der Waals surface area contributed by atoms with Gasteiger partial charge in [0, 0.05) is 23.6 Å². The highest BCUT2D eigenvalue weighted by atomic mass is 35.5. The molecule has 1 saturated heterocycles. The number of primary amides is 1. The summed E-state index contributed by atoms with van der Waals surface area (Å²) in [6.45, 7) is 1.36. The minimum Gasteiger partial charge on any atom is -0.493 e. The first-order chi connectivity index (χ1) is 14.0. The number of amides is 2. The van der Waals surface area contributed by atoms with Gasteiger partial charge in [0.25, 0.3) is 11.8 Å². The predicted octanol–water partition coefficient (Wildman–Crippen LogP) is 3.10. The summed E-state index contributed by atoms with van der Waals surface area (Å²) in [5, 5.41) is 2.15. The number of halogens is 1. The van der Waals surface area contributed by atoms with Crippen molar-refractivity contribution in [1.82, 2.24) is 4.90 Å². The highest BCUT2D eigenvalue weighted by Crippen LogP contribution is 2.37. The Bertz CT molecular complexity index is 853. The molecule has 2 heterocycles. The highest BCUT2D eigenvalue weighted by Gasteiger charge is 2.25. The van der Waals surface area contributed by atoms with E-state index in [0.717, 1.165) is 24.3 Å². The molecule has 7 nitrogen and oxygen atoms in total. The first kappa shape index (κ1) is 21.4. The quantitative estimate of drug-likeness (QED) is 0.649. The Labute approximate surface area is 178 Å². The van der Waals surface area contributed by atoms with E-state index < -0.39 is 5.91 Å². The van der Waals surface area contributed by atoms with Gasteiger partial charge in [-0.25, -0.2) is 0 Å². The number of carbonyl (C=O) groups is 2. The minimum absolute atomic E-state index is 0.0226. The lowest BCUT2D eigenvalue weighted by Crippen LogP contribution is -2.36. The fraction of sp³-hybridized carbons (Fsp3) is 0.400. The molecule has 0 bridgehead atoms. The molecule has 1 unspecified atom stereocenters. The lowest BCUT2D eigenvalue weighted by molar-refractivity contribution is -0.119. The van der Waals surface area contributed by atoms with Gasteiger partial charge in [-0.3, -0.25) is 9.59 Å². The van der Waals surface area contributed by atoms with Gasteiger partial charge in [0.15, 0.2) is 18.1 Å². The van der Waals surface area contributed by atoms with Gasteiger partial charge >= 0.3 is 0 Å². The van der Waals surface area contributed by atoms with Crippen molar-refractivity contribution in [2.24, 2.45) is 5.73 Å². The van der Waals surface area contributed by atoms with Gasteiger partial charge in [-0.15, -0.1) is 11.3 Å². The molecule has 3 rings (SSSR count). The lowest BCUT2D eigenvalue weighted by Gasteiger charge is -2.25. The van der Waals surface area contributed by atoms with Crippen molar-refractivity contribution in [1.29, 1.82) is 0 Å². The smallest absolute Gasteiger partial charge is 0.255 e. The van der Waals surface area contributed by atoms with Crippen LogP contribution in [0.3, 0.4) is 0 Å². The Kier molecular flexibility index (Phi) is 7.35. The summed E-state index contributed by atoms with van der Waals surface area (Å²) in [4.78, 5) is 27.1. The Balaban J connectivity index is 1.85. The molecule has 1 aromatic carbocycles. The molecule has 0 aliphatic carbocycles. The van der Waals surface area contributed by atoms with Gasteiger partial charge in [-0.1, -0.05) is 17.7 Å². The van der Waals surface area contributed by atoms with Crippen molar-refractivity contribution in [3.8, 4) is 11.5 Å². The van der Waals surface area contributed by atoms with E-state index in [4.69, 9.17) is 31.5 Å². The molecule has 156 valence electrons. The normalized spacial score (nSPS) is 15.9. The summed E-state index contributed by atoms with van der Waals surface area (Å²) in [6, 6.07) is 7.02. The van der Waals surface area contributed by atoms with E-state index in [1.54, 1.807) is 22.3 Å². The summed E-state index contributed by atoms with van der Waals surface area (Å²) >= 11 is 7.90. The van der Waals surface area contributed by atoms with E-state index in [-0.39, 0.29) is 35.1 Å². The van der Waals surface area contributed by atoms with Crippen LogP contribution in [0.15, 0.2) is 29.6 Å². The number of hydrogen-bond donors (Lipinski definition) is 1. The molecule has 0 saturated carbocycles. The zero-order chi connectivity index (χ0) is 20.8. The van der Waals surface area contributed by atoms with E-state index in [0.29, 0.717) is 18.7 Å². The Hall–Kier alpha value is -2.29. The number of benzene rings is 1. The van der Waals surface area contributed by atoms with Crippen molar-refractivity contribution < 1.29 is 23.8 Å². The average molecular weight is 439 g/mol. The third-order valence-electron chi connectivity index (χ3n) is 4.50. The first-order valence-electron chi connectivity index (χ1n) is 9.19. The van der Waals surface area contributed by atoms with Crippen LogP contribution in [0.5, 0.6) is 11.5 Å². The van der Waals surface area contributed by atoms with Crippen LogP contribution in [0.1, 0.15) is 28.1 Å². The van der Waals surface area contributed by atoms with Crippen molar-refractivity contribution in [3.63, 3.8) is 0 Å². The number of rotatable bonds is 9. The average Bonchev–Trinajstić information content (AvgIpc) is 3.39. The van der Waals surface area contributed by atoms with Gasteiger partial charge in [-0.2, -0.15) is 0 Å². The summed E-state index contributed by atoms with van der Waals surface area (Å²) in [6.07, 6.45) is 1.95. The highest BCUT2D eigenvalue weighted by molar-refractivity contribution is 7.09. The van der Waals surface area contributed by atoms with Gasteiger partial charge in [0.05, 0.1) is 24.8 Å². The van der Waals surface area contributed by atoms with E-state index in [1.165, 1.54) is 13.2 Å². The molecule has 1 aliphatic heterocycles. The fourth-order valence-electron chi connectivity index (χ4n) is 3.15. The monoisotopic (exact) mass is 438 g/mol. The number of hydrogen-bond acceptors (Lipinski definition) is 6. The Morgan fingerprint density at radius 2 is 2.24 bits per heavy atom. The van der Waals surface area contributed by atoms with Crippen molar-refractivity contribution >= 4 is 34.8 Å². The molecule has 1 atom stereocenters. The van der Waals surface area contributed by atoms with E-state index in [1.807, 2.05) is 17.5 Å². The number of ether oxygens (including phenoxy) is 3. The number of nitrogens with zero attached hydrogens (tertiary/aromatic N) is 1. The van der Waals surface area contributed by atoms with Crippen LogP contribution in [0, 0.1) is 0 Å². The maximum Gasteiger partial charge on any atom is 0.255 e. The van der Waals surface area contributed by atoms with E-state index in [2.05, 4.69) is 0 Å². The van der Waals surface area contributed by atoms with Crippen LogP contribution in [0.25, 0.3) is 0 Å². The summed E-state index contributed by atoms with van der Waals surface area (Å²) < 4.78 is 16.4. The Morgan fingerprint density at radius 3 is 2.86 bits per heavy atom. The van der Waals surface area contributed by atoms with Crippen molar-refractivity contribution in [3.05, 3.63) is 45.1 Å². The molecule has 2 N–H and O–H groups in total. The first-order valence-corrected chi connectivity index (χ1v) is 10.5. The number of thiophene rings is 1. The van der Waals surface area contributed by atoms with E-state index in [9.17, 15) is 9.59 Å². The van der Waals surface area contributed by atoms with Gasteiger partial charge < -0.3 is 24.8 Å². The molecule has 2 aromatic rings. The number of nitrogens with two attached hydrogens (primary N) is 1. The molecule has 1 fully saturated rings. The maximum atomic E-state index is 13.3. The largest absolute Gasteiger partial charge is 0.493 e. The van der Waals surface area contributed by atoms with Gasteiger partial charge in [-0.05, 0) is 36.4 Å². The van der Waals surface area contributed by atoms with Crippen LogP contribution in [-0.4, -0.2) is 49.7 Å². The minimum atomic E-state index is -0.637. The predicted molar refractivity (Wildman–Crippen MR) is 111 cm³/mol. The summed E-state index contributed by atoms with van der Waals surface area (Å²) in [5.74, 6) is -0.388. The standard InChI is InChI=1S/C20H23ClN2O5S/c1-26-17-9-13(8-16(21)19(17)28-12-18(22)24)20(25)23(10-14-4-2-6-27-14)11-15-5-3-7-29-15/h3,5,7-9,14H,2,4,6,10-12H2,1H3,(H2,22,24). The molecule has 1 aliphatic rings. The number of methoxy groups -OCH3 is 1. The molecule has 2 amide bonds. The molecule has 29 heavy (non-hydrogen) atoms. The maximum absolute atomic E-state index is 13.3. The zero-order valence-corrected chi connectivity index (χ0v) is 17.6. The second kappa shape index (κ2) is 9.96. The number of carbonyl (C=O) groups excluding carboxylic acids is 2. The third-order valence-corrected chi connectivity index (χ3v) is 5.64. The topological polar surface area (TPSA) is 91.1 Å². The van der Waals surface area contributed by atoms with Crippen LogP contribution >= 0.6 is 22.9 Å². The summed E-state index contributed by atoms with van der Waals surface area (Å²) in [7, 11) is 1.44.